The van der Waals surface area contributed by atoms with Crippen LogP contribution in [0.3, 0.4) is 0 Å². The van der Waals surface area contributed by atoms with Crippen LogP contribution in [0.15, 0.2) is 42.0 Å². The van der Waals surface area contributed by atoms with Crippen molar-refractivity contribution in [1.29, 1.82) is 0 Å². The minimum atomic E-state index is -0.655. The van der Waals surface area contributed by atoms with Gasteiger partial charge < -0.3 is 9.80 Å². The smallest absolute Gasteiger partial charge is 0.250 e. The van der Waals surface area contributed by atoms with Crippen molar-refractivity contribution < 1.29 is 9.59 Å². The average molecular weight is 370 g/mol. The summed E-state index contributed by atoms with van der Waals surface area (Å²) in [7, 11) is 0. The van der Waals surface area contributed by atoms with Crippen molar-refractivity contribution in [1.82, 2.24) is 19.6 Å². The van der Waals surface area contributed by atoms with Crippen LogP contribution in [0.1, 0.15) is 24.1 Å². The molecule has 0 radical (unpaired) electrons. The highest BCUT2D eigenvalue weighted by Crippen LogP contribution is 2.33. The van der Waals surface area contributed by atoms with Gasteiger partial charge in [-0.05, 0) is 42.9 Å². The highest BCUT2D eigenvalue weighted by Gasteiger charge is 2.47. The topological polar surface area (TPSA) is 58.4 Å². The molecule has 2 aliphatic rings. The van der Waals surface area contributed by atoms with Crippen molar-refractivity contribution in [2.75, 3.05) is 26.2 Å². The molecule has 0 aromatic carbocycles. The van der Waals surface area contributed by atoms with Crippen molar-refractivity contribution >= 4 is 29.2 Å². The van der Waals surface area contributed by atoms with Gasteiger partial charge in [-0.25, -0.2) is 0 Å². The number of aromatic nitrogens is 2. The van der Waals surface area contributed by atoms with Crippen molar-refractivity contribution in [3.8, 4) is 0 Å². The number of carbonyl (C=O) groups is 2. The Balaban J connectivity index is 1.47. The molecular formula is C19H22N4O2S. The molecule has 0 saturated carbocycles. The summed E-state index contributed by atoms with van der Waals surface area (Å²) in [5, 5.41) is 6.36. The molecule has 0 atom stereocenters. The Morgan fingerprint density at radius 3 is 2.50 bits per heavy atom. The van der Waals surface area contributed by atoms with Crippen LogP contribution in [0.25, 0.3) is 6.08 Å². The highest BCUT2D eigenvalue weighted by atomic mass is 32.1. The lowest BCUT2D eigenvalue weighted by atomic mass is 9.85. The van der Waals surface area contributed by atoms with E-state index < -0.39 is 5.54 Å². The van der Waals surface area contributed by atoms with E-state index in [9.17, 15) is 9.59 Å². The van der Waals surface area contributed by atoms with E-state index in [1.165, 1.54) is 0 Å². The number of carbonyl (C=O) groups excluding carboxylic acids is 2. The van der Waals surface area contributed by atoms with Gasteiger partial charge in [0.15, 0.2) is 0 Å². The van der Waals surface area contributed by atoms with Gasteiger partial charge >= 0.3 is 0 Å². The van der Waals surface area contributed by atoms with Gasteiger partial charge in [0, 0.05) is 49.5 Å². The number of hydrogen-bond acceptors (Lipinski definition) is 4. The van der Waals surface area contributed by atoms with E-state index in [1.54, 1.807) is 28.3 Å². The zero-order chi connectivity index (χ0) is 18.0. The third-order valence-electron chi connectivity index (χ3n) is 5.32. The van der Waals surface area contributed by atoms with E-state index in [0.717, 1.165) is 24.4 Å². The Morgan fingerprint density at radius 1 is 1.12 bits per heavy atom. The zero-order valence-electron chi connectivity index (χ0n) is 14.6. The molecule has 0 bridgehead atoms. The molecule has 2 aromatic rings. The SMILES string of the molecule is O=C(/C=C/c1cccs1)N1CCC(C(=O)N2CCC2)(n2cccn2)CC1. The fourth-order valence-corrected chi connectivity index (χ4v) is 4.24. The molecule has 4 rings (SSSR count). The van der Waals surface area contributed by atoms with Gasteiger partial charge in [-0.15, -0.1) is 11.3 Å². The van der Waals surface area contributed by atoms with Crippen molar-refractivity contribution in [2.24, 2.45) is 0 Å². The number of piperidine rings is 1. The second-order valence-electron chi connectivity index (χ2n) is 6.80. The predicted octanol–water partition coefficient (Wildman–Crippen LogP) is 2.21. The standard InChI is InChI=1S/C19H22N4O2S/c24-17(6-5-16-4-1-15-26-16)21-13-7-19(8-14-21,23-12-2-9-20-23)18(25)22-10-3-11-22/h1-2,4-6,9,12,15H,3,7-8,10-11,13-14H2/b6-5+. The summed E-state index contributed by atoms with van der Waals surface area (Å²) in [6.45, 7) is 2.78. The molecule has 0 unspecified atom stereocenters. The van der Waals surface area contributed by atoms with E-state index >= 15 is 0 Å². The molecule has 7 heteroatoms. The van der Waals surface area contributed by atoms with Crippen molar-refractivity contribution in [2.45, 2.75) is 24.8 Å². The largest absolute Gasteiger partial charge is 0.340 e. The number of nitrogens with zero attached hydrogens (tertiary/aromatic N) is 4. The lowest BCUT2D eigenvalue weighted by Crippen LogP contribution is -2.59. The molecule has 0 spiro atoms. The molecule has 2 amide bonds. The van der Waals surface area contributed by atoms with Crippen molar-refractivity contribution in [3.05, 3.63) is 46.9 Å². The maximum atomic E-state index is 13.1. The Labute approximate surface area is 156 Å². The summed E-state index contributed by atoms with van der Waals surface area (Å²) in [5.74, 6) is 0.151. The van der Waals surface area contributed by atoms with E-state index in [-0.39, 0.29) is 11.8 Å². The molecule has 6 nitrogen and oxygen atoms in total. The van der Waals surface area contributed by atoms with Crippen LogP contribution in [0.5, 0.6) is 0 Å². The molecule has 2 fully saturated rings. The van der Waals surface area contributed by atoms with Crippen molar-refractivity contribution in [3.63, 3.8) is 0 Å². The molecule has 2 saturated heterocycles. The second kappa shape index (κ2) is 7.07. The first kappa shape index (κ1) is 17.0. The Kier molecular flexibility index (Phi) is 4.63. The van der Waals surface area contributed by atoms with E-state index in [2.05, 4.69) is 5.10 Å². The van der Waals surface area contributed by atoms with Crippen LogP contribution >= 0.6 is 11.3 Å². The number of hydrogen-bond donors (Lipinski definition) is 0. The van der Waals surface area contributed by atoms with Crippen LogP contribution in [-0.4, -0.2) is 57.6 Å². The first-order valence-electron chi connectivity index (χ1n) is 8.99. The normalized spacial score (nSPS) is 19.5. The fourth-order valence-electron chi connectivity index (χ4n) is 3.62. The summed E-state index contributed by atoms with van der Waals surface area (Å²) < 4.78 is 1.80. The van der Waals surface area contributed by atoms with E-state index in [4.69, 9.17) is 0 Å². The maximum Gasteiger partial charge on any atom is 0.250 e. The molecular weight excluding hydrogens is 348 g/mol. The molecule has 4 heterocycles. The monoisotopic (exact) mass is 370 g/mol. The van der Waals surface area contributed by atoms with Crippen LogP contribution in [0.2, 0.25) is 0 Å². The summed E-state index contributed by atoms with van der Waals surface area (Å²) in [6, 6.07) is 5.81. The third-order valence-corrected chi connectivity index (χ3v) is 6.16. The maximum absolute atomic E-state index is 13.1. The minimum absolute atomic E-state index is 0.00358. The Morgan fingerprint density at radius 2 is 1.92 bits per heavy atom. The molecule has 0 N–H and O–H groups in total. The van der Waals surface area contributed by atoms with Gasteiger partial charge in [0.05, 0.1) is 0 Å². The zero-order valence-corrected chi connectivity index (χ0v) is 15.4. The van der Waals surface area contributed by atoms with Gasteiger partial charge in [-0.3, -0.25) is 14.3 Å². The average Bonchev–Trinajstić information content (AvgIpc) is 3.32. The quantitative estimate of drug-likeness (QED) is 0.776. The summed E-state index contributed by atoms with van der Waals surface area (Å²) in [6.07, 6.45) is 9.33. The van der Waals surface area contributed by atoms with Gasteiger partial charge in [-0.2, -0.15) is 5.10 Å². The number of rotatable bonds is 4. The third kappa shape index (κ3) is 3.07. The first-order chi connectivity index (χ1) is 12.7. The van der Waals surface area contributed by atoms with Crippen LogP contribution in [-0.2, 0) is 15.1 Å². The van der Waals surface area contributed by atoms with Gasteiger partial charge in [0.1, 0.15) is 5.54 Å². The summed E-state index contributed by atoms with van der Waals surface area (Å²) in [5.41, 5.74) is -0.655. The number of amides is 2. The minimum Gasteiger partial charge on any atom is -0.340 e. The van der Waals surface area contributed by atoms with Crippen LogP contribution in [0, 0.1) is 0 Å². The van der Waals surface area contributed by atoms with Crippen LogP contribution < -0.4 is 0 Å². The van der Waals surface area contributed by atoms with Gasteiger partial charge in [0.25, 0.3) is 5.91 Å². The van der Waals surface area contributed by atoms with Gasteiger partial charge in [-0.1, -0.05) is 6.07 Å². The molecule has 136 valence electrons. The number of likely N-dealkylation sites (tertiary alicyclic amines) is 2. The summed E-state index contributed by atoms with van der Waals surface area (Å²) >= 11 is 1.61. The van der Waals surface area contributed by atoms with Crippen LogP contribution in [0.4, 0.5) is 0 Å². The lowest BCUT2D eigenvalue weighted by molar-refractivity contribution is -0.150. The molecule has 2 aromatic heterocycles. The molecule has 0 aliphatic carbocycles. The van der Waals surface area contributed by atoms with Gasteiger partial charge in [0.2, 0.25) is 5.91 Å². The Hall–Kier alpha value is -2.41. The Bertz CT molecular complexity index is 786. The van der Waals surface area contributed by atoms with E-state index in [1.807, 2.05) is 45.7 Å². The van der Waals surface area contributed by atoms with E-state index in [0.29, 0.717) is 25.9 Å². The second-order valence-corrected chi connectivity index (χ2v) is 7.78. The summed E-state index contributed by atoms with van der Waals surface area (Å²) in [4.78, 5) is 30.4. The lowest BCUT2D eigenvalue weighted by Gasteiger charge is -2.45. The number of thiophene rings is 1. The predicted molar refractivity (Wildman–Crippen MR) is 101 cm³/mol. The molecule has 2 aliphatic heterocycles. The first-order valence-corrected chi connectivity index (χ1v) is 9.87. The highest BCUT2D eigenvalue weighted by molar-refractivity contribution is 7.10. The fraction of sp³-hybridized carbons (Fsp3) is 0.421. The molecule has 26 heavy (non-hydrogen) atoms.